The Hall–Kier alpha value is -2.57. The fourth-order valence-corrected chi connectivity index (χ4v) is 2.81. The van der Waals surface area contributed by atoms with Crippen LogP contribution in [0.4, 0.5) is 4.79 Å². The molecule has 0 radical (unpaired) electrons. The van der Waals surface area contributed by atoms with Gasteiger partial charge in [0.1, 0.15) is 5.75 Å². The zero-order valence-electron chi connectivity index (χ0n) is 13.8. The molecule has 1 N–H and O–H groups in total. The van der Waals surface area contributed by atoms with Crippen LogP contribution in [-0.4, -0.2) is 59.9 Å². The summed E-state index contributed by atoms with van der Waals surface area (Å²) in [4.78, 5) is 38.0. The van der Waals surface area contributed by atoms with Gasteiger partial charge in [-0.1, -0.05) is 26.0 Å². The molecule has 2 heterocycles. The SMILES string of the molecule is CC(C)c1ccc(OCC(=O)N2CC(N3C(=O)CNC3=O)C2)cc1. The number of hydrogen-bond donors (Lipinski definition) is 1. The van der Waals surface area contributed by atoms with Crippen LogP contribution in [-0.2, 0) is 9.59 Å². The normalized spacial score (nSPS) is 18.0. The molecule has 7 heteroatoms. The van der Waals surface area contributed by atoms with Crippen molar-refractivity contribution in [2.24, 2.45) is 0 Å². The number of carbonyl (C=O) groups excluding carboxylic acids is 3. The van der Waals surface area contributed by atoms with Crippen LogP contribution < -0.4 is 10.1 Å². The first-order valence-electron chi connectivity index (χ1n) is 8.06. The van der Waals surface area contributed by atoms with Crippen LogP contribution in [0.25, 0.3) is 0 Å². The smallest absolute Gasteiger partial charge is 0.324 e. The van der Waals surface area contributed by atoms with Gasteiger partial charge in [-0.2, -0.15) is 0 Å². The van der Waals surface area contributed by atoms with Gasteiger partial charge in [0.15, 0.2) is 6.61 Å². The van der Waals surface area contributed by atoms with Gasteiger partial charge in [-0.25, -0.2) is 4.79 Å². The van der Waals surface area contributed by atoms with Crippen molar-refractivity contribution in [3.63, 3.8) is 0 Å². The average molecular weight is 331 g/mol. The number of rotatable bonds is 5. The van der Waals surface area contributed by atoms with E-state index in [1.165, 1.54) is 10.5 Å². The van der Waals surface area contributed by atoms with E-state index < -0.39 is 0 Å². The standard InChI is InChI=1S/C17H21N3O4/c1-11(2)12-3-5-14(6-4-12)24-10-16(22)19-8-13(9-19)20-15(21)7-18-17(20)23/h3-6,11,13H,7-10H2,1-2H3,(H,18,23). The molecule has 2 aliphatic rings. The fraction of sp³-hybridized carbons (Fsp3) is 0.471. The Morgan fingerprint density at radius 2 is 1.92 bits per heavy atom. The van der Waals surface area contributed by atoms with Gasteiger partial charge in [0.2, 0.25) is 5.91 Å². The van der Waals surface area contributed by atoms with Crippen LogP contribution in [0.3, 0.4) is 0 Å². The Balaban J connectivity index is 1.45. The minimum absolute atomic E-state index is 0.0404. The lowest BCUT2D eigenvalue weighted by Crippen LogP contribution is -2.63. The van der Waals surface area contributed by atoms with Crippen molar-refractivity contribution in [2.45, 2.75) is 25.8 Å². The summed E-state index contributed by atoms with van der Waals surface area (Å²) >= 11 is 0. The molecule has 0 aromatic heterocycles. The number of likely N-dealkylation sites (tertiary alicyclic amines) is 1. The molecule has 7 nitrogen and oxygen atoms in total. The van der Waals surface area contributed by atoms with Gasteiger partial charge < -0.3 is 15.0 Å². The molecule has 3 rings (SSSR count). The van der Waals surface area contributed by atoms with Gasteiger partial charge >= 0.3 is 6.03 Å². The second-order valence-corrected chi connectivity index (χ2v) is 6.39. The van der Waals surface area contributed by atoms with Crippen molar-refractivity contribution in [1.82, 2.24) is 15.1 Å². The first-order chi connectivity index (χ1) is 11.5. The predicted molar refractivity (Wildman–Crippen MR) is 86.6 cm³/mol. The maximum Gasteiger partial charge on any atom is 0.324 e. The van der Waals surface area contributed by atoms with E-state index in [-0.39, 0.29) is 37.0 Å². The van der Waals surface area contributed by atoms with E-state index in [0.29, 0.717) is 24.8 Å². The highest BCUT2D eigenvalue weighted by Gasteiger charge is 2.42. The van der Waals surface area contributed by atoms with Crippen LogP contribution in [0.5, 0.6) is 5.75 Å². The zero-order chi connectivity index (χ0) is 17.3. The lowest BCUT2D eigenvalue weighted by Gasteiger charge is -2.42. The van der Waals surface area contributed by atoms with Crippen molar-refractivity contribution >= 4 is 17.8 Å². The first kappa shape index (κ1) is 16.3. The summed E-state index contributed by atoms with van der Waals surface area (Å²) < 4.78 is 5.51. The number of hydrogen-bond acceptors (Lipinski definition) is 4. The van der Waals surface area contributed by atoms with E-state index >= 15 is 0 Å². The number of nitrogens with one attached hydrogen (secondary N) is 1. The fourth-order valence-electron chi connectivity index (χ4n) is 2.81. The molecule has 0 saturated carbocycles. The van der Waals surface area contributed by atoms with Crippen molar-refractivity contribution < 1.29 is 19.1 Å². The molecule has 0 bridgehead atoms. The number of urea groups is 1. The van der Waals surface area contributed by atoms with Gasteiger partial charge in [0.25, 0.3) is 5.91 Å². The molecule has 0 spiro atoms. The maximum atomic E-state index is 12.1. The largest absolute Gasteiger partial charge is 0.484 e. The van der Waals surface area contributed by atoms with Gasteiger partial charge in [-0.15, -0.1) is 0 Å². The van der Waals surface area contributed by atoms with Crippen molar-refractivity contribution in [1.29, 1.82) is 0 Å². The molecular formula is C17H21N3O4. The highest BCUT2D eigenvalue weighted by Crippen LogP contribution is 2.20. The number of benzene rings is 1. The van der Waals surface area contributed by atoms with Crippen LogP contribution in [0.2, 0.25) is 0 Å². The minimum atomic E-state index is -0.376. The number of nitrogens with zero attached hydrogens (tertiary/aromatic N) is 2. The van der Waals surface area contributed by atoms with E-state index in [0.717, 1.165) is 0 Å². The van der Waals surface area contributed by atoms with Gasteiger partial charge in [0, 0.05) is 13.1 Å². The summed E-state index contributed by atoms with van der Waals surface area (Å²) in [5, 5.41) is 2.48. The number of ether oxygens (including phenoxy) is 1. The molecule has 1 aromatic carbocycles. The quantitative estimate of drug-likeness (QED) is 0.815. The number of imide groups is 1. The van der Waals surface area contributed by atoms with Crippen LogP contribution in [0.15, 0.2) is 24.3 Å². The predicted octanol–water partition coefficient (Wildman–Crippen LogP) is 0.951. The highest BCUT2D eigenvalue weighted by molar-refractivity contribution is 6.02. The third-order valence-corrected chi connectivity index (χ3v) is 4.37. The Labute approximate surface area is 140 Å². The lowest BCUT2D eigenvalue weighted by atomic mass is 10.0. The molecule has 2 fully saturated rings. The highest BCUT2D eigenvalue weighted by atomic mass is 16.5. The molecule has 24 heavy (non-hydrogen) atoms. The third-order valence-electron chi connectivity index (χ3n) is 4.37. The van der Waals surface area contributed by atoms with Gasteiger partial charge in [0.05, 0.1) is 12.6 Å². The molecule has 0 unspecified atom stereocenters. The average Bonchev–Trinajstić information content (AvgIpc) is 2.84. The van der Waals surface area contributed by atoms with Crippen LogP contribution in [0, 0.1) is 0 Å². The van der Waals surface area contributed by atoms with E-state index in [4.69, 9.17) is 4.74 Å². The van der Waals surface area contributed by atoms with Crippen molar-refractivity contribution in [2.75, 3.05) is 26.2 Å². The summed E-state index contributed by atoms with van der Waals surface area (Å²) in [7, 11) is 0. The Bertz CT molecular complexity index is 634. The number of amides is 4. The lowest BCUT2D eigenvalue weighted by molar-refractivity contribution is -0.143. The van der Waals surface area contributed by atoms with Crippen molar-refractivity contribution in [3.05, 3.63) is 29.8 Å². The molecule has 4 amide bonds. The molecule has 128 valence electrons. The second kappa shape index (κ2) is 6.51. The van der Waals surface area contributed by atoms with E-state index in [2.05, 4.69) is 19.2 Å². The third kappa shape index (κ3) is 3.20. The van der Waals surface area contributed by atoms with Gasteiger partial charge in [-0.05, 0) is 23.6 Å². The van der Waals surface area contributed by atoms with E-state index in [1.54, 1.807) is 4.90 Å². The summed E-state index contributed by atoms with van der Waals surface area (Å²) in [6, 6.07) is 7.08. The molecule has 2 aliphatic heterocycles. The molecule has 1 aromatic rings. The van der Waals surface area contributed by atoms with E-state index in [1.807, 2.05) is 24.3 Å². The zero-order valence-corrected chi connectivity index (χ0v) is 13.8. The van der Waals surface area contributed by atoms with Crippen molar-refractivity contribution in [3.8, 4) is 5.75 Å². The number of carbonyl (C=O) groups is 3. The summed E-state index contributed by atoms with van der Waals surface area (Å²) in [5.74, 6) is 0.716. The first-order valence-corrected chi connectivity index (χ1v) is 8.06. The summed E-state index contributed by atoms with van der Waals surface area (Å²) in [5.41, 5.74) is 1.22. The molecule has 0 atom stereocenters. The summed E-state index contributed by atoms with van der Waals surface area (Å²) in [6.45, 7) is 4.96. The van der Waals surface area contributed by atoms with Crippen LogP contribution in [0.1, 0.15) is 25.3 Å². The minimum Gasteiger partial charge on any atom is -0.484 e. The Morgan fingerprint density at radius 1 is 1.25 bits per heavy atom. The molecule has 2 saturated heterocycles. The second-order valence-electron chi connectivity index (χ2n) is 6.39. The monoisotopic (exact) mass is 331 g/mol. The topological polar surface area (TPSA) is 79.0 Å². The Kier molecular flexibility index (Phi) is 4.42. The maximum absolute atomic E-state index is 12.1. The Morgan fingerprint density at radius 3 is 2.46 bits per heavy atom. The van der Waals surface area contributed by atoms with E-state index in [9.17, 15) is 14.4 Å². The molecular weight excluding hydrogens is 310 g/mol. The molecule has 0 aliphatic carbocycles. The van der Waals surface area contributed by atoms with Crippen LogP contribution >= 0.6 is 0 Å². The van der Waals surface area contributed by atoms with Gasteiger partial charge in [-0.3, -0.25) is 14.5 Å². The summed E-state index contributed by atoms with van der Waals surface area (Å²) in [6.07, 6.45) is 0.